The molecule has 7 heteroatoms. The first-order chi connectivity index (χ1) is 8.84. The van der Waals surface area contributed by atoms with E-state index in [4.69, 9.17) is 5.73 Å². The van der Waals surface area contributed by atoms with Crippen LogP contribution in [0.15, 0.2) is 24.3 Å². The van der Waals surface area contributed by atoms with Crippen LogP contribution in [0, 0.1) is 0 Å². The lowest BCUT2D eigenvalue weighted by atomic mass is 10.1. The minimum absolute atomic E-state index is 0.110. The highest BCUT2D eigenvalue weighted by Crippen LogP contribution is 2.11. The van der Waals surface area contributed by atoms with Crippen LogP contribution < -0.4 is 10.5 Å². The molecule has 0 saturated heterocycles. The molecule has 0 fully saturated rings. The molecular weight excluding hydrogens is 284 g/mol. The van der Waals surface area contributed by atoms with Gasteiger partial charge in [-0.3, -0.25) is 4.21 Å². The van der Waals surface area contributed by atoms with Crippen LogP contribution in [-0.2, 0) is 33.1 Å². The van der Waals surface area contributed by atoms with Crippen LogP contribution in [0.25, 0.3) is 0 Å². The van der Waals surface area contributed by atoms with Gasteiger partial charge in [-0.15, -0.1) is 0 Å². The van der Waals surface area contributed by atoms with Crippen LogP contribution in [0.4, 0.5) is 0 Å². The summed E-state index contributed by atoms with van der Waals surface area (Å²) in [6.45, 7) is 2.01. The molecule has 5 nitrogen and oxygen atoms in total. The van der Waals surface area contributed by atoms with Crippen molar-refractivity contribution in [2.24, 2.45) is 5.73 Å². The van der Waals surface area contributed by atoms with Crippen molar-refractivity contribution in [3.05, 3.63) is 35.4 Å². The average Bonchev–Trinajstić information content (AvgIpc) is 2.26. The fraction of sp³-hybridized carbons (Fsp3) is 0.500. The van der Waals surface area contributed by atoms with Gasteiger partial charge in [0.05, 0.1) is 5.75 Å². The predicted octanol–water partition coefficient (Wildman–Crippen LogP) is 0.332. The van der Waals surface area contributed by atoms with Gasteiger partial charge in [0, 0.05) is 35.4 Å². The molecule has 0 heterocycles. The minimum Gasteiger partial charge on any atom is -0.326 e. The Labute approximate surface area is 117 Å². The van der Waals surface area contributed by atoms with E-state index in [9.17, 15) is 12.6 Å². The van der Waals surface area contributed by atoms with Crippen molar-refractivity contribution >= 4 is 20.8 Å². The molecule has 0 aromatic heterocycles. The third kappa shape index (κ3) is 5.82. The molecule has 1 aromatic carbocycles. The Bertz CT molecular complexity index is 544. The van der Waals surface area contributed by atoms with Crippen LogP contribution in [-0.4, -0.2) is 30.7 Å². The van der Waals surface area contributed by atoms with Crippen molar-refractivity contribution in [2.45, 2.75) is 25.3 Å². The molecule has 0 radical (unpaired) electrons. The summed E-state index contributed by atoms with van der Waals surface area (Å²) in [4.78, 5) is 0. The Balaban J connectivity index is 2.77. The molecule has 1 rings (SSSR count). The summed E-state index contributed by atoms with van der Waals surface area (Å²) >= 11 is 0. The Morgan fingerprint density at radius 1 is 1.32 bits per heavy atom. The van der Waals surface area contributed by atoms with Gasteiger partial charge in [-0.1, -0.05) is 24.3 Å². The van der Waals surface area contributed by atoms with Crippen molar-refractivity contribution in [2.75, 3.05) is 12.0 Å². The summed E-state index contributed by atoms with van der Waals surface area (Å²) in [7, 11) is -4.48. The third-order valence-electron chi connectivity index (χ3n) is 2.55. The molecule has 0 aliphatic heterocycles. The van der Waals surface area contributed by atoms with E-state index in [2.05, 4.69) is 4.72 Å². The normalized spacial score (nSPS) is 15.1. The van der Waals surface area contributed by atoms with Crippen LogP contribution in [0.1, 0.15) is 18.1 Å². The quantitative estimate of drug-likeness (QED) is 0.760. The summed E-state index contributed by atoms with van der Waals surface area (Å²) in [6.07, 6.45) is 1.55. The van der Waals surface area contributed by atoms with Gasteiger partial charge >= 0.3 is 0 Å². The highest BCUT2D eigenvalue weighted by Gasteiger charge is 2.17. The fourth-order valence-electron chi connectivity index (χ4n) is 1.84. The predicted molar refractivity (Wildman–Crippen MR) is 78.5 cm³/mol. The van der Waals surface area contributed by atoms with Crippen molar-refractivity contribution in [1.82, 2.24) is 4.72 Å². The number of hydrogen-bond donors (Lipinski definition) is 2. The summed E-state index contributed by atoms with van der Waals surface area (Å²) in [5.41, 5.74) is 7.10. The maximum Gasteiger partial charge on any atom is 0.216 e. The van der Waals surface area contributed by atoms with Crippen molar-refractivity contribution < 1.29 is 12.6 Å². The average molecular weight is 304 g/mol. The number of benzene rings is 1. The Morgan fingerprint density at radius 2 is 1.89 bits per heavy atom. The van der Waals surface area contributed by atoms with Crippen LogP contribution >= 0.6 is 0 Å². The Hall–Kier alpha value is -0.760. The van der Waals surface area contributed by atoms with Crippen LogP contribution in [0.2, 0.25) is 0 Å². The number of nitrogens with one attached hydrogen (secondary N) is 1. The smallest absolute Gasteiger partial charge is 0.216 e. The first-order valence-corrected chi connectivity index (χ1v) is 9.29. The molecular formula is C12H20N2O3S2. The third-order valence-corrected chi connectivity index (χ3v) is 4.97. The standard InChI is InChI=1S/C12H20N2O3S2/c1-10(8-18(2)15)14-19(16,17)9-12-6-4-3-5-11(12)7-13/h3-6,10,14H,7-9,13H2,1-2H3. The zero-order chi connectivity index (χ0) is 14.5. The molecule has 2 unspecified atom stereocenters. The molecule has 0 aliphatic carbocycles. The lowest BCUT2D eigenvalue weighted by Gasteiger charge is -2.14. The van der Waals surface area contributed by atoms with Gasteiger partial charge in [-0.25, -0.2) is 13.1 Å². The first kappa shape index (κ1) is 16.3. The van der Waals surface area contributed by atoms with Gasteiger partial charge in [0.2, 0.25) is 10.0 Å². The summed E-state index contributed by atoms with van der Waals surface area (Å²) < 4.78 is 37.6. The van der Waals surface area contributed by atoms with E-state index in [1.165, 1.54) is 0 Å². The van der Waals surface area contributed by atoms with Gasteiger partial charge in [0.1, 0.15) is 0 Å². The monoisotopic (exact) mass is 304 g/mol. The maximum absolute atomic E-state index is 12.0. The number of hydrogen-bond acceptors (Lipinski definition) is 4. The highest BCUT2D eigenvalue weighted by atomic mass is 32.2. The van der Waals surface area contributed by atoms with Crippen molar-refractivity contribution in [1.29, 1.82) is 0 Å². The second-order valence-corrected chi connectivity index (χ2v) is 7.72. The number of sulfonamides is 1. The van der Waals surface area contributed by atoms with E-state index in [1.807, 2.05) is 12.1 Å². The van der Waals surface area contributed by atoms with Crippen LogP contribution in [0.5, 0.6) is 0 Å². The van der Waals surface area contributed by atoms with Gasteiger partial charge in [0.15, 0.2) is 0 Å². The first-order valence-electron chi connectivity index (χ1n) is 5.91. The zero-order valence-electron chi connectivity index (χ0n) is 11.1. The Kier molecular flexibility index (Phi) is 6.12. The zero-order valence-corrected chi connectivity index (χ0v) is 12.8. The fourth-order valence-corrected chi connectivity index (χ4v) is 4.20. The number of rotatable bonds is 7. The Morgan fingerprint density at radius 3 is 2.42 bits per heavy atom. The summed E-state index contributed by atoms with van der Waals surface area (Å²) in [6, 6.07) is 6.84. The molecule has 0 spiro atoms. The lowest BCUT2D eigenvalue weighted by Crippen LogP contribution is -2.37. The van der Waals surface area contributed by atoms with Gasteiger partial charge in [-0.2, -0.15) is 0 Å². The highest BCUT2D eigenvalue weighted by molar-refractivity contribution is 7.88. The van der Waals surface area contributed by atoms with Gasteiger partial charge in [0.25, 0.3) is 0 Å². The molecule has 0 saturated carbocycles. The molecule has 19 heavy (non-hydrogen) atoms. The van der Waals surface area contributed by atoms with E-state index < -0.39 is 20.8 Å². The second-order valence-electron chi connectivity index (χ2n) is 4.49. The molecule has 0 bridgehead atoms. The van der Waals surface area contributed by atoms with Gasteiger partial charge < -0.3 is 5.73 Å². The van der Waals surface area contributed by atoms with E-state index in [-0.39, 0.29) is 11.8 Å². The molecule has 2 atom stereocenters. The van der Waals surface area contributed by atoms with Crippen LogP contribution in [0.3, 0.4) is 0 Å². The van der Waals surface area contributed by atoms with E-state index >= 15 is 0 Å². The molecule has 0 amide bonds. The number of nitrogens with two attached hydrogens (primary N) is 1. The van der Waals surface area contributed by atoms with E-state index in [0.717, 1.165) is 5.56 Å². The summed E-state index contributed by atoms with van der Waals surface area (Å²) in [5, 5.41) is 0. The maximum atomic E-state index is 12.0. The van der Waals surface area contributed by atoms with Crippen molar-refractivity contribution in [3.8, 4) is 0 Å². The SMILES string of the molecule is CC(CS(C)=O)NS(=O)(=O)Cc1ccccc1CN. The largest absolute Gasteiger partial charge is 0.326 e. The van der Waals surface area contributed by atoms with E-state index in [1.54, 1.807) is 25.3 Å². The molecule has 1 aromatic rings. The van der Waals surface area contributed by atoms with Crippen molar-refractivity contribution in [3.63, 3.8) is 0 Å². The second kappa shape index (κ2) is 7.14. The molecule has 3 N–H and O–H groups in total. The lowest BCUT2D eigenvalue weighted by molar-refractivity contribution is 0.569. The molecule has 0 aliphatic rings. The minimum atomic E-state index is -3.45. The van der Waals surface area contributed by atoms with E-state index in [0.29, 0.717) is 17.9 Å². The topological polar surface area (TPSA) is 89.3 Å². The van der Waals surface area contributed by atoms with Gasteiger partial charge in [-0.05, 0) is 18.1 Å². The summed E-state index contributed by atoms with van der Waals surface area (Å²) in [5.74, 6) is 0.193. The molecule has 108 valence electrons.